The van der Waals surface area contributed by atoms with Gasteiger partial charge in [-0.15, -0.1) is 0 Å². The SMILES string of the molecule is CC(C)N1C(=O)NS(=O)(=O)N(C(C)C)C1=O. The normalized spacial score (nSPS) is 20.6. The van der Waals surface area contributed by atoms with Crippen molar-refractivity contribution < 1.29 is 18.0 Å². The fraction of sp³-hybridized carbons (Fsp3) is 0.750. The van der Waals surface area contributed by atoms with Gasteiger partial charge in [0.2, 0.25) is 0 Å². The molecule has 1 saturated heterocycles. The summed E-state index contributed by atoms with van der Waals surface area (Å²) in [5.74, 6) is 0. The summed E-state index contributed by atoms with van der Waals surface area (Å²) in [4.78, 5) is 24.1. The molecule has 0 aromatic carbocycles. The first-order valence-electron chi connectivity index (χ1n) is 4.87. The first kappa shape index (κ1) is 12.8. The summed E-state index contributed by atoms with van der Waals surface area (Å²) >= 11 is 0. The van der Waals surface area contributed by atoms with Crippen LogP contribution in [0.4, 0.5) is 9.59 Å². The molecule has 16 heavy (non-hydrogen) atoms. The van der Waals surface area contributed by atoms with E-state index in [0.29, 0.717) is 4.31 Å². The minimum Gasteiger partial charge on any atom is -0.247 e. The molecule has 0 radical (unpaired) electrons. The van der Waals surface area contributed by atoms with Gasteiger partial charge in [0.1, 0.15) is 0 Å². The van der Waals surface area contributed by atoms with Crippen LogP contribution in [0.2, 0.25) is 0 Å². The van der Waals surface area contributed by atoms with Gasteiger partial charge in [-0.2, -0.15) is 8.42 Å². The molecule has 4 amide bonds. The highest BCUT2D eigenvalue weighted by Gasteiger charge is 2.44. The molecule has 0 aromatic rings. The topological polar surface area (TPSA) is 86.8 Å². The minimum atomic E-state index is -4.05. The largest absolute Gasteiger partial charge is 0.343 e. The van der Waals surface area contributed by atoms with Crippen LogP contribution in [0.5, 0.6) is 0 Å². The standard InChI is InChI=1S/C8H15N3O4S/c1-5(2)10-7(12)9-16(14,15)11(6(3)4)8(10)13/h5-6H,1-4H3,(H,9,12). The lowest BCUT2D eigenvalue weighted by atomic mass is 10.3. The second-order valence-corrected chi connectivity index (χ2v) is 5.60. The minimum absolute atomic E-state index is 0.399. The Kier molecular flexibility index (Phi) is 3.13. The van der Waals surface area contributed by atoms with Gasteiger partial charge < -0.3 is 0 Å². The lowest BCUT2D eigenvalue weighted by Gasteiger charge is -2.37. The van der Waals surface area contributed by atoms with Crippen LogP contribution in [-0.2, 0) is 10.2 Å². The molecule has 92 valence electrons. The zero-order valence-corrected chi connectivity index (χ0v) is 10.4. The fourth-order valence-electron chi connectivity index (χ4n) is 1.46. The highest BCUT2D eigenvalue weighted by atomic mass is 32.2. The Balaban J connectivity index is 3.19. The van der Waals surface area contributed by atoms with Gasteiger partial charge in [0.25, 0.3) is 0 Å². The number of rotatable bonds is 2. The molecule has 7 nitrogen and oxygen atoms in total. The predicted molar refractivity (Wildman–Crippen MR) is 56.8 cm³/mol. The second kappa shape index (κ2) is 3.93. The molecule has 1 rings (SSSR count). The third-order valence-corrected chi connectivity index (χ3v) is 3.60. The molecule has 0 spiro atoms. The van der Waals surface area contributed by atoms with Gasteiger partial charge in [0.15, 0.2) is 0 Å². The predicted octanol–water partition coefficient (Wildman–Crippen LogP) is 0.495. The Labute approximate surface area is 94.6 Å². The van der Waals surface area contributed by atoms with E-state index in [2.05, 4.69) is 0 Å². The van der Waals surface area contributed by atoms with Crippen LogP contribution in [0.3, 0.4) is 0 Å². The van der Waals surface area contributed by atoms with Gasteiger partial charge in [0, 0.05) is 12.1 Å². The summed E-state index contributed by atoms with van der Waals surface area (Å²) in [5.41, 5.74) is 0. The monoisotopic (exact) mass is 249 g/mol. The fourth-order valence-corrected chi connectivity index (χ4v) is 2.72. The van der Waals surface area contributed by atoms with Gasteiger partial charge in [-0.3, -0.25) is 0 Å². The summed E-state index contributed by atoms with van der Waals surface area (Å²) in [7, 11) is -4.05. The van der Waals surface area contributed by atoms with Crippen molar-refractivity contribution in [2.75, 3.05) is 0 Å². The van der Waals surface area contributed by atoms with E-state index in [4.69, 9.17) is 0 Å². The van der Waals surface area contributed by atoms with Crippen molar-refractivity contribution in [2.24, 2.45) is 0 Å². The quantitative estimate of drug-likeness (QED) is 0.771. The third kappa shape index (κ3) is 1.97. The smallest absolute Gasteiger partial charge is 0.247 e. The number of hydrogen-bond donors (Lipinski definition) is 1. The summed E-state index contributed by atoms with van der Waals surface area (Å²) in [6, 6.07) is -2.66. The number of nitrogens with one attached hydrogen (secondary N) is 1. The number of imide groups is 1. The Bertz CT molecular complexity index is 415. The van der Waals surface area contributed by atoms with E-state index < -0.39 is 34.4 Å². The Morgan fingerprint density at radius 3 is 1.94 bits per heavy atom. The molecule has 1 fully saturated rings. The Morgan fingerprint density at radius 1 is 1.06 bits per heavy atom. The molecule has 0 unspecified atom stereocenters. The number of carbonyl (C=O) groups excluding carboxylic acids is 2. The molecule has 0 saturated carbocycles. The van der Waals surface area contributed by atoms with Crippen LogP contribution in [0.15, 0.2) is 0 Å². The molecule has 8 heteroatoms. The molecule has 1 aliphatic heterocycles. The average molecular weight is 249 g/mol. The van der Waals surface area contributed by atoms with E-state index in [0.717, 1.165) is 4.90 Å². The van der Waals surface area contributed by atoms with Crippen LogP contribution in [0, 0.1) is 0 Å². The maximum atomic E-state index is 11.8. The molecular weight excluding hydrogens is 234 g/mol. The zero-order valence-electron chi connectivity index (χ0n) is 9.59. The Morgan fingerprint density at radius 2 is 1.56 bits per heavy atom. The van der Waals surface area contributed by atoms with Gasteiger partial charge >= 0.3 is 22.3 Å². The summed E-state index contributed by atoms with van der Waals surface area (Å²) < 4.78 is 25.6. The lowest BCUT2D eigenvalue weighted by molar-refractivity contribution is 0.153. The van der Waals surface area contributed by atoms with Crippen molar-refractivity contribution in [3.8, 4) is 0 Å². The second-order valence-electron chi connectivity index (χ2n) is 4.05. The molecule has 1 N–H and O–H groups in total. The highest BCUT2D eigenvalue weighted by molar-refractivity contribution is 7.88. The van der Waals surface area contributed by atoms with Crippen molar-refractivity contribution in [3.63, 3.8) is 0 Å². The van der Waals surface area contributed by atoms with E-state index in [1.54, 1.807) is 27.7 Å². The number of amides is 4. The van der Waals surface area contributed by atoms with Crippen LogP contribution < -0.4 is 4.72 Å². The van der Waals surface area contributed by atoms with E-state index in [1.165, 1.54) is 0 Å². The molecule has 1 heterocycles. The van der Waals surface area contributed by atoms with E-state index in [9.17, 15) is 18.0 Å². The molecule has 0 aromatic heterocycles. The first-order chi connectivity index (χ1) is 7.18. The van der Waals surface area contributed by atoms with Crippen LogP contribution in [0.1, 0.15) is 27.7 Å². The average Bonchev–Trinajstić information content (AvgIpc) is 1.97. The molecular formula is C8H15N3O4S. The third-order valence-electron chi connectivity index (χ3n) is 2.07. The van der Waals surface area contributed by atoms with Crippen LogP contribution >= 0.6 is 0 Å². The summed E-state index contributed by atoms with van der Waals surface area (Å²) in [6.45, 7) is 6.39. The van der Waals surface area contributed by atoms with Crippen LogP contribution in [-0.4, -0.2) is 41.8 Å². The van der Waals surface area contributed by atoms with Crippen molar-refractivity contribution in [1.82, 2.24) is 13.9 Å². The Hall–Kier alpha value is -1.31. The van der Waals surface area contributed by atoms with E-state index >= 15 is 0 Å². The summed E-state index contributed by atoms with van der Waals surface area (Å²) in [5, 5.41) is 0. The molecule has 0 atom stereocenters. The van der Waals surface area contributed by atoms with Crippen molar-refractivity contribution >= 4 is 22.3 Å². The van der Waals surface area contributed by atoms with Gasteiger partial charge in [-0.05, 0) is 27.7 Å². The molecule has 1 aliphatic rings. The van der Waals surface area contributed by atoms with Gasteiger partial charge in [-0.1, -0.05) is 0 Å². The van der Waals surface area contributed by atoms with Crippen molar-refractivity contribution in [1.29, 1.82) is 0 Å². The van der Waals surface area contributed by atoms with Crippen molar-refractivity contribution in [2.45, 2.75) is 39.8 Å². The van der Waals surface area contributed by atoms with Crippen molar-refractivity contribution in [3.05, 3.63) is 0 Å². The first-order valence-corrected chi connectivity index (χ1v) is 6.31. The lowest BCUT2D eigenvalue weighted by Crippen LogP contribution is -2.65. The van der Waals surface area contributed by atoms with E-state index in [1.807, 2.05) is 4.72 Å². The maximum absolute atomic E-state index is 11.8. The van der Waals surface area contributed by atoms with Gasteiger partial charge in [0.05, 0.1) is 0 Å². The maximum Gasteiger partial charge on any atom is 0.343 e. The number of carbonyl (C=O) groups is 2. The van der Waals surface area contributed by atoms with Crippen LogP contribution in [0.25, 0.3) is 0 Å². The number of urea groups is 2. The van der Waals surface area contributed by atoms with E-state index in [-0.39, 0.29) is 0 Å². The molecule has 0 aliphatic carbocycles. The summed E-state index contributed by atoms with van der Waals surface area (Å²) in [6.07, 6.45) is 0. The highest BCUT2D eigenvalue weighted by Crippen LogP contribution is 2.17. The van der Waals surface area contributed by atoms with Gasteiger partial charge in [-0.25, -0.2) is 23.5 Å². The zero-order chi connectivity index (χ0) is 12.7. The molecule has 0 bridgehead atoms. The number of nitrogens with zero attached hydrogens (tertiary/aromatic N) is 2. The number of hydrogen-bond acceptors (Lipinski definition) is 4.